The third kappa shape index (κ3) is 1.14. The largest absolute Gasteiger partial charge is 0.400 e. The Kier molecular flexibility index (Phi) is 1.87. The number of nitrogens with zero attached hydrogens (tertiary/aromatic N) is 1. The van der Waals surface area contributed by atoms with Gasteiger partial charge < -0.3 is 4.52 Å². The summed E-state index contributed by atoms with van der Waals surface area (Å²) in [5.74, 6) is 0.426. The van der Waals surface area contributed by atoms with Crippen molar-refractivity contribution < 1.29 is 17.7 Å². The van der Waals surface area contributed by atoms with E-state index in [4.69, 9.17) is 4.52 Å². The van der Waals surface area contributed by atoms with Gasteiger partial charge in [0.15, 0.2) is 0 Å². The number of halogens is 3. The third-order valence-corrected chi connectivity index (χ3v) is 2.87. The number of aryl methyl sites for hydroxylation is 1. The molecule has 2 rings (SSSR count). The maximum atomic E-state index is 12.8. The minimum atomic E-state index is -4.21. The predicted octanol–water partition coefficient (Wildman–Crippen LogP) is 2.97. The first kappa shape index (κ1) is 9.55. The molecule has 1 aliphatic carbocycles. The van der Waals surface area contributed by atoms with Gasteiger partial charge in [0.05, 0.1) is 5.69 Å². The van der Waals surface area contributed by atoms with Crippen LogP contribution >= 0.6 is 0 Å². The number of alkyl halides is 3. The van der Waals surface area contributed by atoms with Crippen LogP contribution in [0.2, 0.25) is 0 Å². The van der Waals surface area contributed by atoms with Crippen LogP contribution in [0.4, 0.5) is 13.2 Å². The van der Waals surface area contributed by atoms with Gasteiger partial charge in [-0.1, -0.05) is 11.6 Å². The first-order chi connectivity index (χ1) is 6.46. The van der Waals surface area contributed by atoms with E-state index in [1.54, 1.807) is 6.92 Å². The lowest BCUT2D eigenvalue weighted by atomic mass is 9.66. The Morgan fingerprint density at radius 1 is 1.43 bits per heavy atom. The molecule has 0 saturated heterocycles. The summed E-state index contributed by atoms with van der Waals surface area (Å²) in [6.45, 7) is 1.60. The molecule has 1 aromatic rings. The van der Waals surface area contributed by atoms with E-state index in [0.29, 0.717) is 12.2 Å². The molecule has 1 fully saturated rings. The molecular formula is C9H10F3NO. The van der Waals surface area contributed by atoms with E-state index in [1.165, 1.54) is 6.07 Å². The lowest BCUT2D eigenvalue weighted by Gasteiger charge is -2.41. The molecule has 0 unspecified atom stereocenters. The maximum Gasteiger partial charge on any atom is 0.400 e. The number of hydrogen-bond acceptors (Lipinski definition) is 2. The second-order valence-electron chi connectivity index (χ2n) is 3.76. The average molecular weight is 205 g/mol. The zero-order valence-corrected chi connectivity index (χ0v) is 7.69. The number of aromatic nitrogens is 1. The van der Waals surface area contributed by atoms with Crippen LogP contribution in [0.5, 0.6) is 0 Å². The van der Waals surface area contributed by atoms with Crippen LogP contribution in [0.25, 0.3) is 0 Å². The average Bonchev–Trinajstić information content (AvgIpc) is 2.29. The van der Waals surface area contributed by atoms with E-state index < -0.39 is 11.6 Å². The van der Waals surface area contributed by atoms with Gasteiger partial charge in [0, 0.05) is 6.07 Å². The lowest BCUT2D eigenvalue weighted by molar-refractivity contribution is -0.214. The van der Waals surface area contributed by atoms with E-state index in [9.17, 15) is 13.2 Å². The molecule has 0 spiro atoms. The maximum absolute atomic E-state index is 12.8. The van der Waals surface area contributed by atoms with Crippen molar-refractivity contribution in [1.82, 2.24) is 5.16 Å². The zero-order chi connectivity index (χ0) is 10.4. The second-order valence-corrected chi connectivity index (χ2v) is 3.76. The van der Waals surface area contributed by atoms with E-state index in [0.717, 1.165) is 0 Å². The Hall–Kier alpha value is -1.00. The Bertz CT molecular complexity index is 338. The van der Waals surface area contributed by atoms with Crippen LogP contribution in [0.1, 0.15) is 30.7 Å². The quantitative estimate of drug-likeness (QED) is 0.704. The first-order valence-electron chi connectivity index (χ1n) is 4.46. The minimum Gasteiger partial charge on any atom is -0.361 e. The highest BCUT2D eigenvalue weighted by molar-refractivity contribution is 5.23. The summed E-state index contributed by atoms with van der Waals surface area (Å²) in [5.41, 5.74) is -1.70. The SMILES string of the molecule is Cc1cc(C2(C(F)(F)F)CCC2)no1. The van der Waals surface area contributed by atoms with Crippen LogP contribution in [-0.4, -0.2) is 11.3 Å². The Labute approximate surface area is 79.1 Å². The molecule has 0 bridgehead atoms. The molecule has 0 amide bonds. The summed E-state index contributed by atoms with van der Waals surface area (Å²) in [5, 5.41) is 3.48. The molecule has 0 aliphatic heterocycles. The fourth-order valence-electron chi connectivity index (χ4n) is 1.81. The Morgan fingerprint density at radius 2 is 2.07 bits per heavy atom. The highest BCUT2D eigenvalue weighted by atomic mass is 19.4. The molecular weight excluding hydrogens is 195 g/mol. The molecule has 78 valence electrons. The molecule has 14 heavy (non-hydrogen) atoms. The van der Waals surface area contributed by atoms with E-state index in [-0.39, 0.29) is 18.5 Å². The molecule has 0 N–H and O–H groups in total. The minimum absolute atomic E-state index is 0.0359. The number of rotatable bonds is 1. The van der Waals surface area contributed by atoms with Crippen molar-refractivity contribution in [3.63, 3.8) is 0 Å². The van der Waals surface area contributed by atoms with Crippen molar-refractivity contribution >= 4 is 0 Å². The van der Waals surface area contributed by atoms with Gasteiger partial charge >= 0.3 is 6.18 Å². The molecule has 0 aromatic carbocycles. The van der Waals surface area contributed by atoms with Crippen molar-refractivity contribution in [3.8, 4) is 0 Å². The van der Waals surface area contributed by atoms with E-state index in [2.05, 4.69) is 5.16 Å². The fraction of sp³-hybridized carbons (Fsp3) is 0.667. The molecule has 0 atom stereocenters. The van der Waals surface area contributed by atoms with Crippen LogP contribution in [0.3, 0.4) is 0 Å². The van der Waals surface area contributed by atoms with Crippen molar-refractivity contribution in [3.05, 3.63) is 17.5 Å². The van der Waals surface area contributed by atoms with Crippen molar-refractivity contribution in [2.45, 2.75) is 37.8 Å². The topological polar surface area (TPSA) is 26.0 Å². The lowest BCUT2D eigenvalue weighted by Crippen LogP contribution is -2.48. The highest BCUT2D eigenvalue weighted by Gasteiger charge is 2.60. The monoisotopic (exact) mass is 205 g/mol. The Balaban J connectivity index is 2.38. The van der Waals surface area contributed by atoms with Crippen LogP contribution in [0.15, 0.2) is 10.6 Å². The molecule has 5 heteroatoms. The van der Waals surface area contributed by atoms with Crippen LogP contribution in [-0.2, 0) is 5.41 Å². The summed E-state index contributed by atoms with van der Waals surface area (Å²) in [6, 6.07) is 1.38. The normalized spacial score (nSPS) is 20.6. The molecule has 1 aliphatic rings. The smallest absolute Gasteiger partial charge is 0.361 e. The number of hydrogen-bond donors (Lipinski definition) is 0. The van der Waals surface area contributed by atoms with Gasteiger partial charge in [-0.25, -0.2) is 0 Å². The third-order valence-electron chi connectivity index (χ3n) is 2.87. The van der Waals surface area contributed by atoms with Gasteiger partial charge in [-0.2, -0.15) is 13.2 Å². The predicted molar refractivity (Wildman–Crippen MR) is 42.8 cm³/mol. The van der Waals surface area contributed by atoms with Crippen molar-refractivity contribution in [2.75, 3.05) is 0 Å². The fourth-order valence-corrected chi connectivity index (χ4v) is 1.81. The van der Waals surface area contributed by atoms with Crippen molar-refractivity contribution in [2.24, 2.45) is 0 Å². The summed E-state index contributed by atoms with van der Waals surface area (Å²) in [7, 11) is 0. The standard InChI is InChI=1S/C9H10F3NO/c1-6-5-7(13-14-6)8(3-2-4-8)9(10,11)12/h5H,2-4H2,1H3. The molecule has 1 saturated carbocycles. The highest BCUT2D eigenvalue weighted by Crippen LogP contribution is 2.54. The van der Waals surface area contributed by atoms with Gasteiger partial charge in [-0.05, 0) is 19.8 Å². The van der Waals surface area contributed by atoms with E-state index in [1.807, 2.05) is 0 Å². The van der Waals surface area contributed by atoms with Gasteiger partial charge in [-0.3, -0.25) is 0 Å². The van der Waals surface area contributed by atoms with Crippen LogP contribution < -0.4 is 0 Å². The molecule has 0 radical (unpaired) electrons. The summed E-state index contributed by atoms with van der Waals surface area (Å²) >= 11 is 0. The first-order valence-corrected chi connectivity index (χ1v) is 4.46. The van der Waals surface area contributed by atoms with Gasteiger partial charge in [-0.15, -0.1) is 0 Å². The molecule has 1 heterocycles. The van der Waals surface area contributed by atoms with Gasteiger partial charge in [0.25, 0.3) is 0 Å². The summed E-state index contributed by atoms with van der Waals surface area (Å²) < 4.78 is 43.0. The molecule has 2 nitrogen and oxygen atoms in total. The van der Waals surface area contributed by atoms with Gasteiger partial charge in [0.2, 0.25) is 0 Å². The summed E-state index contributed by atoms with van der Waals surface area (Å²) in [6.07, 6.45) is -3.36. The zero-order valence-electron chi connectivity index (χ0n) is 7.69. The van der Waals surface area contributed by atoms with E-state index >= 15 is 0 Å². The second kappa shape index (κ2) is 2.74. The summed E-state index contributed by atoms with van der Waals surface area (Å²) in [4.78, 5) is 0. The Morgan fingerprint density at radius 3 is 2.36 bits per heavy atom. The van der Waals surface area contributed by atoms with Crippen LogP contribution in [0, 0.1) is 6.92 Å². The molecule has 1 aromatic heterocycles. The van der Waals surface area contributed by atoms with Gasteiger partial charge in [0.1, 0.15) is 11.2 Å². The van der Waals surface area contributed by atoms with Crippen molar-refractivity contribution in [1.29, 1.82) is 0 Å².